The molecule has 2 heterocycles. The Morgan fingerprint density at radius 1 is 0.369 bits per heavy atom. The minimum absolute atomic E-state index is 0.0652. The van der Waals surface area contributed by atoms with E-state index in [1.165, 1.54) is 145 Å². The van der Waals surface area contributed by atoms with Crippen LogP contribution in [0.1, 0.15) is 166 Å². The molecule has 2 aliphatic heterocycles. The average molecular weight is 855 g/mol. The van der Waals surface area contributed by atoms with Gasteiger partial charge in [-0.2, -0.15) is 0 Å². The molecule has 0 bridgehead atoms. The van der Waals surface area contributed by atoms with Crippen molar-refractivity contribution in [3.63, 3.8) is 0 Å². The molecule has 11 rings (SSSR count). The number of anilines is 6. The molecule has 5 aliphatic rings. The molecule has 3 heteroatoms. The molecule has 0 radical (unpaired) electrons. The Labute approximate surface area is 392 Å². The predicted molar refractivity (Wildman–Crippen MR) is 281 cm³/mol. The molecule has 0 aromatic heterocycles. The van der Waals surface area contributed by atoms with Crippen molar-refractivity contribution in [1.82, 2.24) is 0 Å². The number of fused-ring (bicyclic) bond motifs is 7. The van der Waals surface area contributed by atoms with Gasteiger partial charge in [0.05, 0.1) is 0 Å². The molecule has 0 unspecified atom stereocenters. The van der Waals surface area contributed by atoms with E-state index < -0.39 is 0 Å². The first kappa shape index (κ1) is 42.6. The zero-order valence-electron chi connectivity index (χ0n) is 42.0. The summed E-state index contributed by atoms with van der Waals surface area (Å²) >= 11 is 0. The van der Waals surface area contributed by atoms with Gasteiger partial charge in [0.25, 0.3) is 6.71 Å². The summed E-state index contributed by atoms with van der Waals surface area (Å²) in [5, 5.41) is 0. The van der Waals surface area contributed by atoms with Crippen LogP contribution in [0.2, 0.25) is 0 Å². The standard InChI is InChI=1S/C62H71BN2/c1-38-30-54-56-55(31-38)65(51-36-47-44(32-39(51)2)58(5,6)26-28-61(47,11)12)53-37-48-46(60(9,10)27-29-62(48,13)14)35-50(53)63(56)49-23-20-41(40-18-16-15-17-19-40)33-52(49)64(54)42-21-22-43-45(34-42)59(7,8)25-24-57(43,3)4/h15-23,30-37H,24-29H2,1-14H3. The van der Waals surface area contributed by atoms with Gasteiger partial charge < -0.3 is 9.80 Å². The highest BCUT2D eigenvalue weighted by molar-refractivity contribution is 7.00. The minimum Gasteiger partial charge on any atom is -0.311 e. The van der Waals surface area contributed by atoms with Crippen LogP contribution in [0, 0.1) is 13.8 Å². The molecular formula is C62H71BN2. The van der Waals surface area contributed by atoms with Crippen molar-refractivity contribution in [3.8, 4) is 11.1 Å². The molecule has 332 valence electrons. The maximum Gasteiger partial charge on any atom is 0.252 e. The molecule has 0 saturated heterocycles. The van der Waals surface area contributed by atoms with Crippen LogP contribution in [-0.2, 0) is 32.5 Å². The molecule has 0 atom stereocenters. The van der Waals surface area contributed by atoms with Crippen LogP contribution in [0.4, 0.5) is 34.1 Å². The van der Waals surface area contributed by atoms with E-state index in [-0.39, 0.29) is 39.2 Å². The van der Waals surface area contributed by atoms with Gasteiger partial charge in [-0.3, -0.25) is 0 Å². The van der Waals surface area contributed by atoms with Gasteiger partial charge in [0.1, 0.15) is 0 Å². The second-order valence-corrected chi connectivity index (χ2v) is 25.1. The summed E-state index contributed by atoms with van der Waals surface area (Å²) < 4.78 is 0. The van der Waals surface area contributed by atoms with Crippen molar-refractivity contribution in [2.45, 2.75) is 168 Å². The van der Waals surface area contributed by atoms with E-state index in [4.69, 9.17) is 0 Å². The largest absolute Gasteiger partial charge is 0.311 e. The topological polar surface area (TPSA) is 6.48 Å². The first-order valence-electron chi connectivity index (χ1n) is 24.9. The molecule has 2 nitrogen and oxygen atoms in total. The molecule has 6 aromatic rings. The van der Waals surface area contributed by atoms with Crippen LogP contribution >= 0.6 is 0 Å². The third-order valence-electron chi connectivity index (χ3n) is 17.8. The van der Waals surface area contributed by atoms with Gasteiger partial charge in [-0.25, -0.2) is 0 Å². The lowest BCUT2D eigenvalue weighted by Crippen LogP contribution is -2.62. The van der Waals surface area contributed by atoms with Gasteiger partial charge in [0, 0.05) is 34.1 Å². The second kappa shape index (κ2) is 13.8. The van der Waals surface area contributed by atoms with Gasteiger partial charge in [0.2, 0.25) is 0 Å². The van der Waals surface area contributed by atoms with E-state index in [2.05, 4.69) is 210 Å². The summed E-state index contributed by atoms with van der Waals surface area (Å²) in [6.45, 7) is 34.5. The summed E-state index contributed by atoms with van der Waals surface area (Å²) in [4.78, 5) is 5.41. The van der Waals surface area contributed by atoms with Crippen LogP contribution in [0.25, 0.3) is 11.1 Å². The quantitative estimate of drug-likeness (QED) is 0.163. The Morgan fingerprint density at radius 2 is 0.846 bits per heavy atom. The highest BCUT2D eigenvalue weighted by Gasteiger charge is 2.48. The molecule has 3 aliphatic carbocycles. The summed E-state index contributed by atoms with van der Waals surface area (Å²) in [6, 6.07) is 41.5. The van der Waals surface area contributed by atoms with Gasteiger partial charge in [-0.15, -0.1) is 0 Å². The Balaban J connectivity index is 1.25. The van der Waals surface area contributed by atoms with Gasteiger partial charge in [-0.05, 0) is 199 Å². The van der Waals surface area contributed by atoms with Gasteiger partial charge in [-0.1, -0.05) is 144 Å². The molecule has 0 fully saturated rings. The highest BCUT2D eigenvalue weighted by Crippen LogP contribution is 2.54. The van der Waals surface area contributed by atoms with E-state index in [9.17, 15) is 0 Å². The maximum atomic E-state index is 2.74. The van der Waals surface area contributed by atoms with Crippen LogP contribution in [0.15, 0.2) is 103 Å². The number of rotatable bonds is 3. The van der Waals surface area contributed by atoms with Crippen LogP contribution < -0.4 is 26.2 Å². The Morgan fingerprint density at radius 3 is 1.43 bits per heavy atom. The molecular weight excluding hydrogens is 784 g/mol. The fourth-order valence-corrected chi connectivity index (χ4v) is 13.2. The fourth-order valence-electron chi connectivity index (χ4n) is 13.2. The Bertz CT molecular complexity index is 2980. The lowest BCUT2D eigenvalue weighted by atomic mass is 9.33. The van der Waals surface area contributed by atoms with E-state index in [0.717, 1.165) is 0 Å². The van der Waals surface area contributed by atoms with E-state index in [1.807, 2.05) is 0 Å². The first-order chi connectivity index (χ1) is 30.5. The zero-order valence-corrected chi connectivity index (χ0v) is 42.0. The third kappa shape index (κ3) is 6.33. The monoisotopic (exact) mass is 855 g/mol. The van der Waals surface area contributed by atoms with Crippen molar-refractivity contribution in [2.75, 3.05) is 9.80 Å². The number of aryl methyl sites for hydroxylation is 2. The lowest BCUT2D eigenvalue weighted by Gasteiger charge is -2.48. The van der Waals surface area contributed by atoms with Gasteiger partial charge in [0.15, 0.2) is 0 Å². The number of hydrogen-bond donors (Lipinski definition) is 0. The summed E-state index contributed by atoms with van der Waals surface area (Å²) in [5.74, 6) is 0. The van der Waals surface area contributed by atoms with Crippen molar-refractivity contribution in [2.24, 2.45) is 0 Å². The van der Waals surface area contributed by atoms with Crippen LogP contribution in [-0.4, -0.2) is 6.71 Å². The number of benzene rings is 6. The SMILES string of the molecule is Cc1cc2c3c(c1)N(c1cc4c(cc1C)C(C)(C)CCC4(C)C)c1cc4c(cc1B3c1ccc(-c3ccccc3)cc1N2c1ccc2c(c1)C(C)(C)CCC2(C)C)C(C)(C)CCC4(C)C. The summed E-state index contributed by atoms with van der Waals surface area (Å²) in [5.41, 5.74) is 26.9. The van der Waals surface area contributed by atoms with Crippen molar-refractivity contribution < 1.29 is 0 Å². The molecule has 0 N–H and O–H groups in total. The maximum absolute atomic E-state index is 2.74. The zero-order chi connectivity index (χ0) is 46.0. The summed E-state index contributed by atoms with van der Waals surface area (Å²) in [6.07, 6.45) is 7.16. The van der Waals surface area contributed by atoms with E-state index in [0.29, 0.717) is 0 Å². The Kier molecular flexibility index (Phi) is 9.03. The van der Waals surface area contributed by atoms with Crippen molar-refractivity contribution >= 4 is 57.2 Å². The van der Waals surface area contributed by atoms with Crippen molar-refractivity contribution in [1.29, 1.82) is 0 Å². The third-order valence-corrected chi connectivity index (χ3v) is 17.8. The second-order valence-electron chi connectivity index (χ2n) is 25.1. The molecule has 0 amide bonds. The smallest absolute Gasteiger partial charge is 0.252 e. The van der Waals surface area contributed by atoms with Crippen LogP contribution in [0.3, 0.4) is 0 Å². The molecule has 6 aromatic carbocycles. The summed E-state index contributed by atoms with van der Waals surface area (Å²) in [7, 11) is 0. The lowest BCUT2D eigenvalue weighted by molar-refractivity contribution is 0.331. The van der Waals surface area contributed by atoms with E-state index >= 15 is 0 Å². The van der Waals surface area contributed by atoms with Crippen molar-refractivity contribution in [3.05, 3.63) is 148 Å². The minimum atomic E-state index is 0.0652. The fraction of sp³-hybridized carbons (Fsp3) is 0.419. The first-order valence-corrected chi connectivity index (χ1v) is 24.9. The van der Waals surface area contributed by atoms with E-state index in [1.54, 1.807) is 0 Å². The molecule has 65 heavy (non-hydrogen) atoms. The highest BCUT2D eigenvalue weighted by atomic mass is 15.2. The molecule has 0 spiro atoms. The normalized spacial score (nSPS) is 20.7. The predicted octanol–water partition coefficient (Wildman–Crippen LogP) is 15.1. The average Bonchev–Trinajstić information content (AvgIpc) is 3.25. The Hall–Kier alpha value is -5.02. The number of nitrogens with zero attached hydrogens (tertiary/aromatic N) is 2. The number of hydrogen-bond acceptors (Lipinski definition) is 2. The van der Waals surface area contributed by atoms with Crippen LogP contribution in [0.5, 0.6) is 0 Å². The van der Waals surface area contributed by atoms with Gasteiger partial charge >= 0.3 is 0 Å². The molecule has 0 saturated carbocycles.